The molecule has 1 atom stereocenters. The van der Waals surface area contributed by atoms with Crippen LogP contribution in [0.3, 0.4) is 0 Å². The van der Waals surface area contributed by atoms with E-state index in [0.717, 1.165) is 6.42 Å². The summed E-state index contributed by atoms with van der Waals surface area (Å²) in [6.45, 7) is 6.64. The highest BCUT2D eigenvalue weighted by molar-refractivity contribution is 6.69. The molecule has 0 saturated carbocycles. The summed E-state index contributed by atoms with van der Waals surface area (Å²) in [5.41, 5.74) is 2.67. The molecular weight excluding hydrogens is 200 g/mol. The van der Waals surface area contributed by atoms with Crippen LogP contribution in [0, 0.1) is 6.08 Å². The molecule has 0 aliphatic heterocycles. The molecule has 1 aliphatic carbocycles. The Kier molecular flexibility index (Phi) is 2.80. The van der Waals surface area contributed by atoms with Gasteiger partial charge in [-0.3, -0.25) is 0 Å². The molecule has 0 spiro atoms. The monoisotopic (exact) mass is 217 g/mol. The van der Waals surface area contributed by atoms with Gasteiger partial charge in [0.2, 0.25) is 0 Å². The molecule has 1 nitrogen and oxygen atoms in total. The number of allylic oxidation sites excluding steroid dienone is 1. The van der Waals surface area contributed by atoms with Crippen molar-refractivity contribution < 1.29 is 4.43 Å². The number of hydrogen-bond acceptors (Lipinski definition) is 1. The van der Waals surface area contributed by atoms with E-state index in [1.165, 1.54) is 11.1 Å². The topological polar surface area (TPSA) is 9.23 Å². The summed E-state index contributed by atoms with van der Waals surface area (Å²) < 4.78 is 6.10. The van der Waals surface area contributed by atoms with Crippen molar-refractivity contribution in [3.05, 3.63) is 47.5 Å². The minimum atomic E-state index is -1.50. The summed E-state index contributed by atoms with van der Waals surface area (Å²) in [5, 5.41) is 0. The zero-order valence-electron chi connectivity index (χ0n) is 9.58. The molecule has 0 heterocycles. The van der Waals surface area contributed by atoms with Gasteiger partial charge in [0.25, 0.3) is 0 Å². The molecule has 2 rings (SSSR count). The summed E-state index contributed by atoms with van der Waals surface area (Å²) in [5.74, 6) is 0. The Balaban J connectivity index is 2.27. The molecular formula is C13H17OSi. The van der Waals surface area contributed by atoms with Gasteiger partial charge in [-0.25, -0.2) is 0 Å². The largest absolute Gasteiger partial charge is 0.407 e. The second kappa shape index (κ2) is 3.95. The Morgan fingerprint density at radius 2 is 2.00 bits per heavy atom. The van der Waals surface area contributed by atoms with Gasteiger partial charge in [-0.05, 0) is 43.3 Å². The smallest absolute Gasteiger partial charge is 0.185 e. The van der Waals surface area contributed by atoms with Crippen molar-refractivity contribution in [3.8, 4) is 0 Å². The molecule has 15 heavy (non-hydrogen) atoms. The van der Waals surface area contributed by atoms with Gasteiger partial charge in [-0.1, -0.05) is 30.3 Å². The van der Waals surface area contributed by atoms with Crippen LogP contribution < -0.4 is 0 Å². The van der Waals surface area contributed by atoms with Crippen molar-refractivity contribution in [3.63, 3.8) is 0 Å². The first-order valence-corrected chi connectivity index (χ1v) is 8.80. The Bertz CT molecular complexity index is 376. The first kappa shape index (κ1) is 10.6. The van der Waals surface area contributed by atoms with Gasteiger partial charge < -0.3 is 4.43 Å². The van der Waals surface area contributed by atoms with Crippen LogP contribution in [0.5, 0.6) is 0 Å². The standard InChI is InChI=1S/C13H17OSi/c1-15(2,3)14-13-10-6-8-11-7-4-5-9-12(11)13/h4-7,9,13H,8H2,1-3H3. The zero-order valence-corrected chi connectivity index (χ0v) is 10.6. The fourth-order valence-corrected chi connectivity index (χ4v) is 2.69. The average molecular weight is 217 g/mol. The van der Waals surface area contributed by atoms with Gasteiger partial charge in [0.05, 0.1) is 6.10 Å². The van der Waals surface area contributed by atoms with Crippen molar-refractivity contribution in [1.82, 2.24) is 0 Å². The Morgan fingerprint density at radius 1 is 1.27 bits per heavy atom. The molecule has 0 fully saturated rings. The number of fused-ring (bicyclic) bond motifs is 1. The molecule has 2 heteroatoms. The first-order valence-electron chi connectivity index (χ1n) is 5.40. The lowest BCUT2D eigenvalue weighted by molar-refractivity contribution is 0.237. The van der Waals surface area contributed by atoms with E-state index in [4.69, 9.17) is 4.43 Å². The zero-order chi connectivity index (χ0) is 10.9. The molecule has 1 radical (unpaired) electrons. The van der Waals surface area contributed by atoms with Crippen LogP contribution in [-0.2, 0) is 10.8 Å². The lowest BCUT2D eigenvalue weighted by atomic mass is 9.95. The number of hydrogen-bond donors (Lipinski definition) is 0. The quantitative estimate of drug-likeness (QED) is 0.689. The summed E-state index contributed by atoms with van der Waals surface area (Å²) in [6.07, 6.45) is 6.45. The van der Waals surface area contributed by atoms with E-state index in [2.05, 4.69) is 56.1 Å². The first-order chi connectivity index (χ1) is 7.06. The molecule has 1 aromatic carbocycles. The van der Waals surface area contributed by atoms with E-state index in [1.807, 2.05) is 0 Å². The van der Waals surface area contributed by atoms with E-state index >= 15 is 0 Å². The summed E-state index contributed by atoms with van der Waals surface area (Å²) in [6, 6.07) is 8.49. The van der Waals surface area contributed by atoms with Crippen LogP contribution in [0.1, 0.15) is 17.2 Å². The predicted molar refractivity (Wildman–Crippen MR) is 65.1 cm³/mol. The molecule has 1 aromatic rings. The van der Waals surface area contributed by atoms with Gasteiger partial charge >= 0.3 is 0 Å². The molecule has 0 N–H and O–H groups in total. The highest BCUT2D eigenvalue weighted by Crippen LogP contribution is 2.29. The summed E-state index contributed by atoms with van der Waals surface area (Å²) >= 11 is 0. The van der Waals surface area contributed by atoms with E-state index in [9.17, 15) is 0 Å². The van der Waals surface area contributed by atoms with E-state index in [1.54, 1.807) is 0 Å². The van der Waals surface area contributed by atoms with E-state index in [-0.39, 0.29) is 6.10 Å². The third-order valence-electron chi connectivity index (χ3n) is 2.40. The van der Waals surface area contributed by atoms with Gasteiger partial charge in [-0.15, -0.1) is 0 Å². The van der Waals surface area contributed by atoms with Crippen LogP contribution in [0.4, 0.5) is 0 Å². The molecule has 79 valence electrons. The third kappa shape index (κ3) is 2.58. The SMILES string of the molecule is C[Si](C)(C)OC1[C]=CCc2ccccc21. The minimum Gasteiger partial charge on any atom is -0.407 e. The van der Waals surface area contributed by atoms with Crippen LogP contribution in [0.25, 0.3) is 0 Å². The van der Waals surface area contributed by atoms with Crippen LogP contribution in [-0.4, -0.2) is 8.32 Å². The fraction of sp³-hybridized carbons (Fsp3) is 0.385. The lowest BCUT2D eigenvalue weighted by Gasteiger charge is -2.27. The van der Waals surface area contributed by atoms with Crippen LogP contribution in [0.2, 0.25) is 19.6 Å². The summed E-state index contributed by atoms with van der Waals surface area (Å²) in [7, 11) is -1.50. The van der Waals surface area contributed by atoms with Crippen molar-refractivity contribution in [1.29, 1.82) is 0 Å². The summed E-state index contributed by atoms with van der Waals surface area (Å²) in [4.78, 5) is 0. The van der Waals surface area contributed by atoms with Gasteiger partial charge in [-0.2, -0.15) is 0 Å². The Hall–Kier alpha value is -0.863. The normalized spacial score (nSPS) is 20.1. The van der Waals surface area contributed by atoms with E-state index in [0.29, 0.717) is 0 Å². The highest BCUT2D eigenvalue weighted by atomic mass is 28.4. The molecule has 0 saturated heterocycles. The van der Waals surface area contributed by atoms with Crippen molar-refractivity contribution in [2.45, 2.75) is 32.2 Å². The van der Waals surface area contributed by atoms with E-state index < -0.39 is 8.32 Å². The van der Waals surface area contributed by atoms with Crippen molar-refractivity contribution in [2.75, 3.05) is 0 Å². The minimum absolute atomic E-state index is 0.0571. The molecule has 0 aromatic heterocycles. The second-order valence-corrected chi connectivity index (χ2v) is 9.34. The Morgan fingerprint density at radius 3 is 2.73 bits per heavy atom. The third-order valence-corrected chi connectivity index (χ3v) is 3.34. The van der Waals surface area contributed by atoms with Gasteiger partial charge in [0.1, 0.15) is 0 Å². The number of rotatable bonds is 2. The van der Waals surface area contributed by atoms with Crippen molar-refractivity contribution >= 4 is 8.32 Å². The molecule has 1 unspecified atom stereocenters. The Labute approximate surface area is 92.9 Å². The lowest BCUT2D eigenvalue weighted by Crippen LogP contribution is -2.28. The fourth-order valence-electron chi connectivity index (χ4n) is 1.79. The molecule has 1 aliphatic rings. The average Bonchev–Trinajstić information content (AvgIpc) is 2.16. The second-order valence-electron chi connectivity index (χ2n) is 4.88. The maximum Gasteiger partial charge on any atom is 0.185 e. The highest BCUT2D eigenvalue weighted by Gasteiger charge is 2.23. The maximum absolute atomic E-state index is 6.10. The van der Waals surface area contributed by atoms with Gasteiger partial charge in [0, 0.05) is 0 Å². The maximum atomic E-state index is 6.10. The van der Waals surface area contributed by atoms with Crippen LogP contribution in [0.15, 0.2) is 30.3 Å². The van der Waals surface area contributed by atoms with Gasteiger partial charge in [0.15, 0.2) is 8.32 Å². The predicted octanol–water partition coefficient (Wildman–Crippen LogP) is 3.49. The van der Waals surface area contributed by atoms with Crippen LogP contribution >= 0.6 is 0 Å². The number of benzene rings is 1. The van der Waals surface area contributed by atoms with Crippen molar-refractivity contribution in [2.24, 2.45) is 0 Å². The molecule has 0 amide bonds. The molecule has 0 bridgehead atoms.